The summed E-state index contributed by atoms with van der Waals surface area (Å²) in [6, 6.07) is 62.5. The number of aromatic nitrogens is 4. The number of hydrogen-bond donors (Lipinski definition) is 0. The maximum Gasteiger partial charge on any atom is 0.338 e. The summed E-state index contributed by atoms with van der Waals surface area (Å²) in [5.41, 5.74) is 11.7. The number of nitrogens with zero attached hydrogens (tertiary/aromatic N) is 4. The van der Waals surface area contributed by atoms with E-state index in [-0.39, 0.29) is 125 Å². The maximum atomic E-state index is 12.7. The summed E-state index contributed by atoms with van der Waals surface area (Å²) >= 11 is 4.48. The lowest BCUT2D eigenvalue weighted by atomic mass is 9.95. The van der Waals surface area contributed by atoms with E-state index in [4.69, 9.17) is 37.9 Å². The van der Waals surface area contributed by atoms with Crippen LogP contribution in [0.25, 0.3) is 0 Å². The van der Waals surface area contributed by atoms with Crippen LogP contribution in [0.3, 0.4) is 0 Å². The van der Waals surface area contributed by atoms with Crippen LogP contribution in [0.1, 0.15) is 220 Å². The van der Waals surface area contributed by atoms with Crippen molar-refractivity contribution in [3.63, 3.8) is 0 Å². The highest BCUT2D eigenvalue weighted by Crippen LogP contribution is 2.40. The standard InChI is InChI=1S/C28H27NO5S.C27H25NO5S.C26H31NO5S.C22H23NO5S.CH4/c1-3-19-11-14-23(29-17-19)24(34-27(32)21-7-5-4-6-8-21)18-33-22-12-9-20(10-13-22)16-28(2)25(30)15-26(31)35-28;1-2-18-10-13-22(28-16-18)24(33-27(31)20-6-4-3-5-7-20)17-32-21-11-8-19(9-12-21)14-25-23(29)15-26(30)34-25;1-3-5-6-7-25(29)32-23(21-13-10-18(4-2)16-27-21)17-31-20-11-8-19(9-12-20)14-24-22(28)15-26(30)33-24;1-3-15-6-9-18(23-12-15)20(28-14(2)24)13-27-17-7-4-16(5-8-17)10-21-19(25)11-22(26)29-21;/h4-14,17,24H,3,15-16,18H2,1-2H3;3-13,16,24-25H,2,14-15,17H2,1H3;8-13,16,23-24H,3-7,14-15,17H2,1-2H3;4-9,12,20-21H,3,10-11,13H2,1-2H3;1H4/t;;23-,24?;20-,21?;/m..01./s1. The number of thioether (sulfide) groups is 4. The van der Waals surface area contributed by atoms with Crippen LogP contribution < -0.4 is 18.9 Å². The average molecular weight is 1860 g/mol. The number of rotatable bonds is 38. The molecule has 4 fully saturated rings. The number of Topliss-reactive ketones (excluding diaryl/α,β-unsaturated/α-hetero) is 4. The second-order valence-electron chi connectivity index (χ2n) is 31.6. The Morgan fingerprint density at radius 2 is 0.667 bits per heavy atom. The SMILES string of the molecule is C.CCCCCC(=O)O[C@@H](COc1ccc(CC2SC(=O)CC2=O)cc1)c1ccc(CC)cn1.CCc1ccc(C(COc2ccc(CC3(C)SC(=O)CC3=O)cc2)OC(=O)c2ccccc2)nc1.CCc1ccc(C(COc2ccc(CC3SC(=O)CC3=O)cc2)OC(=O)c2ccccc2)nc1.CCc1ccc([C@@H](COc2ccc(CC3SC(=O)CC3=O)cc2)OC(C)=O)nc1. The molecule has 8 atom stereocenters. The lowest BCUT2D eigenvalue weighted by Gasteiger charge is -2.20. The number of carbonyl (C=O) groups is 12. The molecule has 0 saturated carbocycles. The first kappa shape index (κ1) is 102. The summed E-state index contributed by atoms with van der Waals surface area (Å²) < 4.78 is 45.5. The molecule has 8 heterocycles. The first-order valence-corrected chi connectivity index (χ1v) is 47.2. The van der Waals surface area contributed by atoms with Gasteiger partial charge < -0.3 is 37.9 Å². The van der Waals surface area contributed by atoms with Crippen molar-refractivity contribution in [2.75, 3.05) is 26.4 Å². The fourth-order valence-electron chi connectivity index (χ4n) is 14.0. The van der Waals surface area contributed by atoms with Gasteiger partial charge in [-0.05, 0) is 206 Å². The summed E-state index contributed by atoms with van der Waals surface area (Å²) in [5.74, 6) is 0.874. The number of esters is 4. The molecule has 0 radical (unpaired) electrons. The van der Waals surface area contributed by atoms with Gasteiger partial charge in [0.2, 0.25) is 0 Å². The van der Waals surface area contributed by atoms with Crippen molar-refractivity contribution >= 4 is 115 Å². The number of aryl methyl sites for hydroxylation is 4. The molecule has 4 saturated heterocycles. The predicted octanol–water partition coefficient (Wildman–Crippen LogP) is 19.1. The molecule has 14 rings (SSSR count). The second-order valence-corrected chi connectivity index (χ2v) is 37.0. The summed E-state index contributed by atoms with van der Waals surface area (Å²) in [5, 5.41) is -1.14. The molecule has 0 N–H and O–H groups in total. The minimum atomic E-state index is -0.716. The van der Waals surface area contributed by atoms with Gasteiger partial charge >= 0.3 is 23.9 Å². The Bertz CT molecular complexity index is 5530. The van der Waals surface area contributed by atoms with Gasteiger partial charge in [0.1, 0.15) is 49.4 Å². The number of pyridine rings is 4. The van der Waals surface area contributed by atoms with E-state index in [1.54, 1.807) is 85.5 Å². The second kappa shape index (κ2) is 51.5. The molecule has 132 heavy (non-hydrogen) atoms. The van der Waals surface area contributed by atoms with E-state index in [2.05, 4.69) is 47.6 Å². The zero-order chi connectivity index (χ0) is 93.2. The molecule has 4 aromatic heterocycles. The van der Waals surface area contributed by atoms with Crippen LogP contribution in [0.15, 0.2) is 231 Å². The third-order valence-corrected chi connectivity index (χ3v) is 26.2. The largest absolute Gasteiger partial charge is 0.489 e. The molecule has 4 aliphatic rings. The monoisotopic (exact) mass is 1860 g/mol. The highest BCUT2D eigenvalue weighted by Gasteiger charge is 2.44. The summed E-state index contributed by atoms with van der Waals surface area (Å²) in [6.07, 6.45) is 13.4. The van der Waals surface area contributed by atoms with Crippen LogP contribution in [0.2, 0.25) is 0 Å². The molecule has 0 bridgehead atoms. The van der Waals surface area contributed by atoms with Gasteiger partial charge in [0.25, 0.3) is 0 Å². The number of carbonyl (C=O) groups excluding carboxylic acids is 12. The van der Waals surface area contributed by atoms with Crippen molar-refractivity contribution < 1.29 is 95.4 Å². The van der Waals surface area contributed by atoms with Crippen molar-refractivity contribution in [1.29, 1.82) is 0 Å². The number of ketones is 4. The third kappa shape index (κ3) is 31.8. The van der Waals surface area contributed by atoms with Gasteiger partial charge in [0.05, 0.1) is 80.1 Å². The Kier molecular flexibility index (Phi) is 39.8. The van der Waals surface area contributed by atoms with Gasteiger partial charge in [0.15, 0.2) is 68.0 Å². The van der Waals surface area contributed by atoms with Gasteiger partial charge in [-0.1, -0.05) is 211 Å². The van der Waals surface area contributed by atoms with E-state index in [0.29, 0.717) is 89.0 Å². The van der Waals surface area contributed by atoms with Gasteiger partial charge in [0, 0.05) is 38.1 Å². The zero-order valence-corrected chi connectivity index (χ0v) is 77.5. The van der Waals surface area contributed by atoms with E-state index in [0.717, 1.165) is 137 Å². The Balaban J connectivity index is 0.000000183. The fraction of sp³-hybridized carbons (Fsp3) is 0.346. The fourth-order valence-corrected chi connectivity index (χ4v) is 18.2. The summed E-state index contributed by atoms with van der Waals surface area (Å²) in [6.45, 7) is 14.0. The molecular weight excluding hydrogens is 1750 g/mol. The number of unbranched alkanes of at least 4 members (excludes halogenated alkanes) is 2. The molecule has 0 spiro atoms. The van der Waals surface area contributed by atoms with Crippen LogP contribution >= 0.6 is 47.0 Å². The first-order valence-electron chi connectivity index (χ1n) is 43.8. The Morgan fingerprint density at radius 1 is 0.364 bits per heavy atom. The summed E-state index contributed by atoms with van der Waals surface area (Å²) in [7, 11) is 0. The quantitative estimate of drug-likeness (QED) is 0.0150. The molecule has 28 heteroatoms. The highest BCUT2D eigenvalue weighted by atomic mass is 32.2. The highest BCUT2D eigenvalue weighted by molar-refractivity contribution is 8.16. The molecule has 10 aromatic rings. The van der Waals surface area contributed by atoms with Crippen molar-refractivity contribution in [2.24, 2.45) is 0 Å². The number of ether oxygens (including phenoxy) is 8. The molecule has 6 unspecified atom stereocenters. The van der Waals surface area contributed by atoms with Crippen molar-refractivity contribution in [3.8, 4) is 23.0 Å². The van der Waals surface area contributed by atoms with Crippen LogP contribution in [0.5, 0.6) is 23.0 Å². The van der Waals surface area contributed by atoms with E-state index < -0.39 is 47.1 Å². The van der Waals surface area contributed by atoms with Crippen LogP contribution in [-0.2, 0) is 118 Å². The lowest BCUT2D eigenvalue weighted by Crippen LogP contribution is -2.29. The molecule has 690 valence electrons. The van der Waals surface area contributed by atoms with Crippen molar-refractivity contribution in [1.82, 2.24) is 19.9 Å². The van der Waals surface area contributed by atoms with Crippen LogP contribution in [0, 0.1) is 0 Å². The Morgan fingerprint density at radius 3 is 0.932 bits per heavy atom. The number of benzene rings is 6. The average Bonchev–Trinajstić information content (AvgIpc) is 1.66. The van der Waals surface area contributed by atoms with E-state index >= 15 is 0 Å². The molecular formula is C104H110N4O20S4. The van der Waals surface area contributed by atoms with E-state index in [9.17, 15) is 57.5 Å². The minimum Gasteiger partial charge on any atom is -0.489 e. The zero-order valence-electron chi connectivity index (χ0n) is 74.2. The maximum absolute atomic E-state index is 12.7. The van der Waals surface area contributed by atoms with E-state index in [1.165, 1.54) is 6.92 Å². The summed E-state index contributed by atoms with van der Waals surface area (Å²) in [4.78, 5) is 161. The van der Waals surface area contributed by atoms with Gasteiger partial charge in [-0.3, -0.25) is 67.9 Å². The van der Waals surface area contributed by atoms with Gasteiger partial charge in [-0.2, -0.15) is 0 Å². The minimum absolute atomic E-state index is 0. The topological polar surface area (TPSA) is 330 Å². The molecule has 6 aromatic carbocycles. The van der Waals surface area contributed by atoms with E-state index in [1.807, 2.05) is 159 Å². The normalized spacial score (nSPS) is 17.0. The number of hydrogen-bond acceptors (Lipinski definition) is 28. The Labute approximate surface area is 787 Å². The molecule has 0 aliphatic carbocycles. The molecule has 24 nitrogen and oxygen atoms in total. The van der Waals surface area contributed by atoms with Crippen LogP contribution in [-0.4, -0.2) is 134 Å². The molecule has 0 amide bonds. The predicted molar refractivity (Wildman–Crippen MR) is 509 cm³/mol. The van der Waals surface area contributed by atoms with Gasteiger partial charge in [-0.15, -0.1) is 0 Å². The third-order valence-electron chi connectivity index (χ3n) is 21.6. The van der Waals surface area contributed by atoms with Crippen molar-refractivity contribution in [3.05, 3.63) is 309 Å². The van der Waals surface area contributed by atoms with Crippen LogP contribution in [0.4, 0.5) is 0 Å². The molecule has 4 aliphatic heterocycles. The van der Waals surface area contributed by atoms with Crippen molar-refractivity contribution in [2.45, 2.75) is 204 Å². The smallest absolute Gasteiger partial charge is 0.338 e. The first-order chi connectivity index (χ1) is 63.3. The Hall–Kier alpha value is -12.2. The lowest BCUT2D eigenvalue weighted by molar-refractivity contribution is -0.151. The van der Waals surface area contributed by atoms with Gasteiger partial charge in [-0.25, -0.2) is 9.59 Å².